The molecule has 2 N–H and O–H groups in total. The van der Waals surface area contributed by atoms with Gasteiger partial charge in [-0.3, -0.25) is 14.4 Å². The minimum Gasteiger partial charge on any atom is -0.490 e. The number of hydrogen-bond acceptors (Lipinski definition) is 6. The van der Waals surface area contributed by atoms with Crippen molar-refractivity contribution in [3.05, 3.63) is 59.9 Å². The average Bonchev–Trinajstić information content (AvgIpc) is 2.97. The zero-order valence-electron chi connectivity index (χ0n) is 23.0. The van der Waals surface area contributed by atoms with Gasteiger partial charge in [-0.2, -0.15) is 0 Å². The zero-order chi connectivity index (χ0) is 28.3. The topological polar surface area (TPSA) is 103 Å². The molecule has 0 spiro atoms. The van der Waals surface area contributed by atoms with E-state index in [-0.39, 0.29) is 47.6 Å². The van der Waals surface area contributed by atoms with Crippen molar-refractivity contribution in [1.82, 2.24) is 10.6 Å². The molecule has 0 unspecified atom stereocenters. The second-order valence-corrected chi connectivity index (χ2v) is 10.5. The Kier molecular flexibility index (Phi) is 10.8. The first-order valence-electron chi connectivity index (χ1n) is 14.3. The van der Waals surface area contributed by atoms with Gasteiger partial charge < -0.3 is 24.8 Å². The van der Waals surface area contributed by atoms with Crippen LogP contribution in [0.1, 0.15) is 68.6 Å². The summed E-state index contributed by atoms with van der Waals surface area (Å²) in [7, 11) is 0. The standard InChI is InChI=1S/C31H39FN2O6/c1-2-38-31(37)23-7-15-27(16-8-23)39-25-11-3-21(4-12-25)29(35)33-19-20-34-30(36)22-5-13-26(14-6-22)40-28-17-9-24(32)10-18-28/h3-4,9-12,17-18,22-23,26-27H,2,5-8,13-16,19-20H2,1H3,(H,33,35)(H,34,36). The summed E-state index contributed by atoms with van der Waals surface area (Å²) in [5, 5.41) is 5.75. The maximum absolute atomic E-state index is 13.1. The molecule has 8 nitrogen and oxygen atoms in total. The maximum atomic E-state index is 13.1. The Morgan fingerprint density at radius 1 is 0.725 bits per heavy atom. The highest BCUT2D eigenvalue weighted by Gasteiger charge is 2.29. The first-order chi connectivity index (χ1) is 19.4. The molecule has 2 saturated carbocycles. The Labute approximate surface area is 235 Å². The van der Waals surface area contributed by atoms with Crippen molar-refractivity contribution in [2.75, 3.05) is 19.7 Å². The van der Waals surface area contributed by atoms with Gasteiger partial charge in [-0.1, -0.05) is 0 Å². The molecule has 0 bridgehead atoms. The van der Waals surface area contributed by atoms with E-state index >= 15 is 0 Å². The van der Waals surface area contributed by atoms with Crippen LogP contribution < -0.4 is 20.1 Å². The molecule has 0 heterocycles. The fourth-order valence-electron chi connectivity index (χ4n) is 5.31. The molecule has 2 aromatic carbocycles. The summed E-state index contributed by atoms with van der Waals surface area (Å²) in [5.41, 5.74) is 0.518. The van der Waals surface area contributed by atoms with E-state index in [0.29, 0.717) is 36.8 Å². The number of ether oxygens (including phenoxy) is 3. The van der Waals surface area contributed by atoms with Crippen molar-refractivity contribution in [1.29, 1.82) is 0 Å². The van der Waals surface area contributed by atoms with Crippen molar-refractivity contribution in [3.63, 3.8) is 0 Å². The molecule has 40 heavy (non-hydrogen) atoms. The van der Waals surface area contributed by atoms with Crippen LogP contribution in [0.3, 0.4) is 0 Å². The Bertz CT molecular complexity index is 1110. The van der Waals surface area contributed by atoms with Crippen LogP contribution >= 0.6 is 0 Å². The number of esters is 1. The molecule has 0 aromatic heterocycles. The molecular weight excluding hydrogens is 515 g/mol. The number of benzene rings is 2. The fourth-order valence-corrected chi connectivity index (χ4v) is 5.31. The van der Waals surface area contributed by atoms with E-state index < -0.39 is 0 Å². The molecule has 0 radical (unpaired) electrons. The Morgan fingerprint density at radius 3 is 1.77 bits per heavy atom. The lowest BCUT2D eigenvalue weighted by Gasteiger charge is -2.28. The lowest BCUT2D eigenvalue weighted by atomic mass is 9.86. The van der Waals surface area contributed by atoms with Gasteiger partial charge in [0.2, 0.25) is 5.91 Å². The van der Waals surface area contributed by atoms with E-state index in [2.05, 4.69) is 10.6 Å². The summed E-state index contributed by atoms with van der Waals surface area (Å²) in [6.07, 6.45) is 6.16. The van der Waals surface area contributed by atoms with Gasteiger partial charge in [0.25, 0.3) is 5.91 Å². The molecule has 2 aliphatic rings. The Balaban J connectivity index is 1.09. The largest absolute Gasteiger partial charge is 0.490 e. The fraction of sp³-hybridized carbons (Fsp3) is 0.516. The van der Waals surface area contributed by atoms with Crippen LogP contribution in [-0.4, -0.2) is 49.7 Å². The van der Waals surface area contributed by atoms with Crippen LogP contribution in [-0.2, 0) is 14.3 Å². The van der Waals surface area contributed by atoms with Crippen LogP contribution in [0.15, 0.2) is 48.5 Å². The van der Waals surface area contributed by atoms with Crippen molar-refractivity contribution < 1.29 is 33.0 Å². The summed E-state index contributed by atoms with van der Waals surface area (Å²) < 4.78 is 30.1. The highest BCUT2D eigenvalue weighted by atomic mass is 19.1. The minimum absolute atomic E-state index is 0.00716. The number of carbonyl (C=O) groups excluding carboxylic acids is 3. The van der Waals surface area contributed by atoms with Gasteiger partial charge in [0.1, 0.15) is 17.3 Å². The van der Waals surface area contributed by atoms with E-state index in [4.69, 9.17) is 14.2 Å². The molecule has 0 saturated heterocycles. The molecule has 0 aliphatic heterocycles. The van der Waals surface area contributed by atoms with Crippen LogP contribution in [0.4, 0.5) is 4.39 Å². The number of hydrogen-bond donors (Lipinski definition) is 2. The first kappa shape index (κ1) is 29.4. The third-order valence-electron chi connectivity index (χ3n) is 7.58. The first-order valence-corrected chi connectivity index (χ1v) is 14.3. The van der Waals surface area contributed by atoms with Gasteiger partial charge in [0, 0.05) is 24.6 Å². The summed E-state index contributed by atoms with van der Waals surface area (Å²) in [6.45, 7) is 2.91. The second kappa shape index (κ2) is 14.7. The van der Waals surface area contributed by atoms with Crippen LogP contribution in [0, 0.1) is 17.7 Å². The van der Waals surface area contributed by atoms with E-state index in [1.54, 1.807) is 36.4 Å². The normalized spacial score (nSPS) is 22.6. The monoisotopic (exact) mass is 554 g/mol. The molecule has 9 heteroatoms. The molecule has 2 aliphatic carbocycles. The van der Waals surface area contributed by atoms with E-state index in [9.17, 15) is 18.8 Å². The predicted octanol–water partition coefficient (Wildman–Crippen LogP) is 4.81. The van der Waals surface area contributed by atoms with E-state index in [1.165, 1.54) is 12.1 Å². The van der Waals surface area contributed by atoms with Gasteiger partial charge in [-0.25, -0.2) is 4.39 Å². The van der Waals surface area contributed by atoms with Gasteiger partial charge >= 0.3 is 5.97 Å². The smallest absolute Gasteiger partial charge is 0.308 e. The lowest BCUT2D eigenvalue weighted by molar-refractivity contribution is -0.149. The average molecular weight is 555 g/mol. The predicted molar refractivity (Wildman–Crippen MR) is 148 cm³/mol. The quantitative estimate of drug-likeness (QED) is 0.305. The highest BCUT2D eigenvalue weighted by molar-refractivity contribution is 5.94. The van der Waals surface area contributed by atoms with E-state index in [1.807, 2.05) is 6.92 Å². The number of carbonyl (C=O) groups is 3. The minimum atomic E-state index is -0.296. The van der Waals surface area contributed by atoms with Crippen LogP contribution in [0.25, 0.3) is 0 Å². The number of amides is 2. The summed E-state index contributed by atoms with van der Waals surface area (Å²) in [5.74, 6) is 0.587. The van der Waals surface area contributed by atoms with Crippen molar-refractivity contribution in [2.45, 2.75) is 70.5 Å². The van der Waals surface area contributed by atoms with Crippen LogP contribution in [0.5, 0.6) is 11.5 Å². The molecule has 2 amide bonds. The van der Waals surface area contributed by atoms with Gasteiger partial charge in [0.15, 0.2) is 0 Å². The van der Waals surface area contributed by atoms with Crippen molar-refractivity contribution in [3.8, 4) is 11.5 Å². The third kappa shape index (κ3) is 8.69. The summed E-state index contributed by atoms with van der Waals surface area (Å²) in [6, 6.07) is 13.0. The SMILES string of the molecule is CCOC(=O)C1CCC(Oc2ccc(C(=O)NCCNC(=O)C3CCC(Oc4ccc(F)cc4)CC3)cc2)CC1. The van der Waals surface area contributed by atoms with Crippen molar-refractivity contribution >= 4 is 17.8 Å². The molecule has 2 fully saturated rings. The van der Waals surface area contributed by atoms with Gasteiger partial charge in [0.05, 0.1) is 24.7 Å². The van der Waals surface area contributed by atoms with Crippen LogP contribution in [0.2, 0.25) is 0 Å². The highest BCUT2D eigenvalue weighted by Crippen LogP contribution is 2.29. The molecule has 4 rings (SSSR count). The van der Waals surface area contributed by atoms with Gasteiger partial charge in [-0.05, 0) is 107 Å². The second-order valence-electron chi connectivity index (χ2n) is 10.5. The maximum Gasteiger partial charge on any atom is 0.308 e. The number of rotatable bonds is 11. The van der Waals surface area contributed by atoms with E-state index in [0.717, 1.165) is 51.4 Å². The number of halogens is 1. The lowest BCUT2D eigenvalue weighted by Crippen LogP contribution is -2.39. The molecular formula is C31H39FN2O6. The molecule has 216 valence electrons. The van der Waals surface area contributed by atoms with Gasteiger partial charge in [-0.15, -0.1) is 0 Å². The number of nitrogens with one attached hydrogen (secondary N) is 2. The van der Waals surface area contributed by atoms with Crippen molar-refractivity contribution in [2.24, 2.45) is 11.8 Å². The molecule has 0 atom stereocenters. The zero-order valence-corrected chi connectivity index (χ0v) is 23.0. The molecule has 2 aromatic rings. The summed E-state index contributed by atoms with van der Waals surface area (Å²) in [4.78, 5) is 37.0. The summed E-state index contributed by atoms with van der Waals surface area (Å²) >= 11 is 0. The third-order valence-corrected chi connectivity index (χ3v) is 7.58. The Morgan fingerprint density at radius 2 is 1.23 bits per heavy atom. The Hall–Kier alpha value is -3.62.